The Morgan fingerprint density at radius 2 is 1.86 bits per heavy atom. The quantitative estimate of drug-likeness (QED) is 0.840. The number of carbonyl (C=O) groups excluding carboxylic acids is 2. The average Bonchev–Trinajstić information content (AvgIpc) is 3.03. The molecule has 1 aliphatic carbocycles. The van der Waals surface area contributed by atoms with Gasteiger partial charge in [0.05, 0.1) is 12.5 Å². The third kappa shape index (κ3) is 3.57. The standard InChI is InChI=1S/C16H28N2O3/c1-3-18(4-2)15(20)16(9-6-5-7-10-16)17-14(19)13-8-11-21-12-13/h13H,3-12H2,1-2H3,(H,17,19). The fourth-order valence-electron chi connectivity index (χ4n) is 3.44. The lowest BCUT2D eigenvalue weighted by Crippen LogP contribution is -2.61. The summed E-state index contributed by atoms with van der Waals surface area (Å²) in [6.45, 7) is 6.50. The molecule has 2 amide bonds. The van der Waals surface area contributed by atoms with Crippen LogP contribution in [0, 0.1) is 5.92 Å². The molecule has 21 heavy (non-hydrogen) atoms. The van der Waals surface area contributed by atoms with Crippen molar-refractivity contribution in [2.75, 3.05) is 26.3 Å². The van der Waals surface area contributed by atoms with Gasteiger partial charge >= 0.3 is 0 Å². The molecule has 0 spiro atoms. The molecule has 0 bridgehead atoms. The van der Waals surface area contributed by atoms with E-state index in [1.165, 1.54) is 0 Å². The van der Waals surface area contributed by atoms with Crippen LogP contribution in [0.4, 0.5) is 0 Å². The van der Waals surface area contributed by atoms with Crippen molar-refractivity contribution in [3.05, 3.63) is 0 Å². The van der Waals surface area contributed by atoms with Gasteiger partial charge < -0.3 is 15.0 Å². The van der Waals surface area contributed by atoms with Crippen molar-refractivity contribution < 1.29 is 14.3 Å². The van der Waals surface area contributed by atoms with Crippen molar-refractivity contribution in [3.8, 4) is 0 Å². The number of nitrogens with zero attached hydrogens (tertiary/aromatic N) is 1. The normalized spacial score (nSPS) is 24.6. The second-order valence-electron chi connectivity index (χ2n) is 6.17. The van der Waals surface area contributed by atoms with E-state index in [1.54, 1.807) is 0 Å². The smallest absolute Gasteiger partial charge is 0.248 e. The van der Waals surface area contributed by atoms with Crippen molar-refractivity contribution in [1.29, 1.82) is 0 Å². The molecule has 2 fully saturated rings. The fraction of sp³-hybridized carbons (Fsp3) is 0.875. The summed E-state index contributed by atoms with van der Waals surface area (Å²) in [6, 6.07) is 0. The highest BCUT2D eigenvalue weighted by Gasteiger charge is 2.43. The molecule has 0 radical (unpaired) electrons. The maximum absolute atomic E-state index is 12.9. The highest BCUT2D eigenvalue weighted by molar-refractivity contribution is 5.92. The molecule has 5 nitrogen and oxygen atoms in total. The lowest BCUT2D eigenvalue weighted by Gasteiger charge is -2.40. The minimum atomic E-state index is -0.677. The second-order valence-corrected chi connectivity index (χ2v) is 6.17. The molecule has 5 heteroatoms. The topological polar surface area (TPSA) is 58.6 Å². The minimum absolute atomic E-state index is 0.00472. The van der Waals surface area contributed by atoms with E-state index in [2.05, 4.69) is 5.32 Å². The Labute approximate surface area is 127 Å². The Balaban J connectivity index is 2.12. The van der Waals surface area contributed by atoms with Crippen molar-refractivity contribution in [3.63, 3.8) is 0 Å². The number of carbonyl (C=O) groups is 2. The largest absolute Gasteiger partial charge is 0.381 e. The average molecular weight is 296 g/mol. The Bertz CT molecular complexity index is 368. The zero-order valence-corrected chi connectivity index (χ0v) is 13.3. The summed E-state index contributed by atoms with van der Waals surface area (Å²) in [4.78, 5) is 27.2. The van der Waals surface area contributed by atoms with E-state index in [4.69, 9.17) is 4.74 Å². The maximum atomic E-state index is 12.9. The van der Waals surface area contributed by atoms with Gasteiger partial charge in [-0.1, -0.05) is 19.3 Å². The number of rotatable bonds is 5. The summed E-state index contributed by atoms with van der Waals surface area (Å²) < 4.78 is 5.29. The lowest BCUT2D eigenvalue weighted by atomic mass is 9.80. The monoisotopic (exact) mass is 296 g/mol. The predicted molar refractivity (Wildman–Crippen MR) is 80.8 cm³/mol. The van der Waals surface area contributed by atoms with Gasteiger partial charge in [-0.05, 0) is 33.1 Å². The van der Waals surface area contributed by atoms with Crippen LogP contribution in [0.2, 0.25) is 0 Å². The molecule has 1 atom stereocenters. The van der Waals surface area contributed by atoms with E-state index in [1.807, 2.05) is 18.7 Å². The molecule has 1 N–H and O–H groups in total. The van der Waals surface area contributed by atoms with Crippen LogP contribution in [-0.4, -0.2) is 48.6 Å². The van der Waals surface area contributed by atoms with Crippen LogP contribution in [0.3, 0.4) is 0 Å². The van der Waals surface area contributed by atoms with Gasteiger partial charge in [-0.2, -0.15) is 0 Å². The summed E-state index contributed by atoms with van der Waals surface area (Å²) in [6.07, 6.45) is 5.46. The first-order valence-corrected chi connectivity index (χ1v) is 8.32. The molecular formula is C16H28N2O3. The van der Waals surface area contributed by atoms with Crippen LogP contribution >= 0.6 is 0 Å². The molecule has 0 aromatic rings. The van der Waals surface area contributed by atoms with Crippen LogP contribution in [0.15, 0.2) is 0 Å². The SMILES string of the molecule is CCN(CC)C(=O)C1(NC(=O)C2CCOC2)CCCCC1. The van der Waals surface area contributed by atoms with Gasteiger partial charge in [0.25, 0.3) is 0 Å². The lowest BCUT2D eigenvalue weighted by molar-refractivity contribution is -0.144. The molecule has 2 rings (SSSR count). The number of likely N-dealkylation sites (N-methyl/N-ethyl adjacent to an activating group) is 1. The Kier molecular flexibility index (Phi) is 5.62. The maximum Gasteiger partial charge on any atom is 0.248 e. The molecule has 1 unspecified atom stereocenters. The van der Waals surface area contributed by atoms with Gasteiger partial charge in [0.15, 0.2) is 0 Å². The minimum Gasteiger partial charge on any atom is -0.381 e. The second kappa shape index (κ2) is 7.25. The number of hydrogen-bond acceptors (Lipinski definition) is 3. The van der Waals surface area contributed by atoms with Crippen LogP contribution in [-0.2, 0) is 14.3 Å². The van der Waals surface area contributed by atoms with E-state index in [0.29, 0.717) is 26.3 Å². The molecule has 0 aromatic heterocycles. The number of ether oxygens (including phenoxy) is 1. The van der Waals surface area contributed by atoms with Gasteiger partial charge in [0, 0.05) is 19.7 Å². The first-order valence-electron chi connectivity index (χ1n) is 8.32. The third-order valence-electron chi connectivity index (χ3n) is 4.83. The number of nitrogens with one attached hydrogen (secondary N) is 1. The van der Waals surface area contributed by atoms with E-state index in [-0.39, 0.29) is 17.7 Å². The molecule has 1 saturated heterocycles. The molecule has 0 aromatic carbocycles. The molecule has 1 saturated carbocycles. The van der Waals surface area contributed by atoms with Crippen molar-refractivity contribution in [2.24, 2.45) is 5.92 Å². The van der Waals surface area contributed by atoms with E-state index < -0.39 is 5.54 Å². The first-order chi connectivity index (χ1) is 10.1. The van der Waals surface area contributed by atoms with Gasteiger partial charge in [0.1, 0.15) is 5.54 Å². The van der Waals surface area contributed by atoms with E-state index >= 15 is 0 Å². The fourth-order valence-corrected chi connectivity index (χ4v) is 3.44. The van der Waals surface area contributed by atoms with Crippen molar-refractivity contribution in [1.82, 2.24) is 10.2 Å². The van der Waals surface area contributed by atoms with Crippen LogP contribution in [0.25, 0.3) is 0 Å². The van der Waals surface area contributed by atoms with Crippen LogP contribution in [0.1, 0.15) is 52.4 Å². The summed E-state index contributed by atoms with van der Waals surface area (Å²) in [7, 11) is 0. The van der Waals surface area contributed by atoms with Crippen molar-refractivity contribution >= 4 is 11.8 Å². The van der Waals surface area contributed by atoms with Crippen LogP contribution in [0.5, 0.6) is 0 Å². The predicted octanol–water partition coefficient (Wildman–Crippen LogP) is 1.71. The summed E-state index contributed by atoms with van der Waals surface area (Å²) in [5.41, 5.74) is -0.677. The number of hydrogen-bond donors (Lipinski definition) is 1. The summed E-state index contributed by atoms with van der Waals surface area (Å²) >= 11 is 0. The Morgan fingerprint density at radius 1 is 1.19 bits per heavy atom. The zero-order chi connectivity index (χ0) is 15.3. The van der Waals surface area contributed by atoms with Crippen molar-refractivity contribution in [2.45, 2.75) is 57.9 Å². The van der Waals surface area contributed by atoms with E-state index in [0.717, 1.165) is 38.5 Å². The summed E-state index contributed by atoms with van der Waals surface area (Å²) in [5, 5.41) is 3.11. The third-order valence-corrected chi connectivity index (χ3v) is 4.83. The molecular weight excluding hydrogens is 268 g/mol. The Hall–Kier alpha value is -1.10. The van der Waals surface area contributed by atoms with Gasteiger partial charge in [-0.3, -0.25) is 9.59 Å². The molecule has 1 heterocycles. The van der Waals surface area contributed by atoms with Gasteiger partial charge in [0.2, 0.25) is 11.8 Å². The zero-order valence-electron chi connectivity index (χ0n) is 13.3. The molecule has 1 aliphatic heterocycles. The highest BCUT2D eigenvalue weighted by atomic mass is 16.5. The van der Waals surface area contributed by atoms with Gasteiger partial charge in [-0.15, -0.1) is 0 Å². The summed E-state index contributed by atoms with van der Waals surface area (Å²) in [5.74, 6) is 0.00248. The van der Waals surface area contributed by atoms with Crippen LogP contribution < -0.4 is 5.32 Å². The number of amides is 2. The first kappa shape index (κ1) is 16.3. The van der Waals surface area contributed by atoms with Gasteiger partial charge in [-0.25, -0.2) is 0 Å². The molecule has 2 aliphatic rings. The Morgan fingerprint density at radius 3 is 2.38 bits per heavy atom. The molecule has 120 valence electrons. The van der Waals surface area contributed by atoms with E-state index in [9.17, 15) is 9.59 Å². The highest BCUT2D eigenvalue weighted by Crippen LogP contribution is 2.31.